The number of aromatic nitrogens is 1. The van der Waals surface area contributed by atoms with Crippen LogP contribution in [0.4, 0.5) is 0 Å². The van der Waals surface area contributed by atoms with Crippen LogP contribution < -0.4 is 0 Å². The van der Waals surface area contributed by atoms with Gasteiger partial charge in [-0.15, -0.1) is 0 Å². The van der Waals surface area contributed by atoms with Crippen molar-refractivity contribution in [3.8, 4) is 0 Å². The van der Waals surface area contributed by atoms with E-state index in [1.54, 1.807) is 0 Å². The van der Waals surface area contributed by atoms with Crippen LogP contribution >= 0.6 is 0 Å². The smallest absolute Gasteiger partial charge is 0.0437 e. The topological polar surface area (TPSA) is 12.9 Å². The summed E-state index contributed by atoms with van der Waals surface area (Å²) in [4.78, 5) is 4.44. The molecule has 2 rings (SSSR count). The molecule has 0 unspecified atom stereocenters. The zero-order valence-corrected chi connectivity index (χ0v) is 8.46. The van der Waals surface area contributed by atoms with E-state index >= 15 is 0 Å². The minimum absolute atomic E-state index is 0.627. The number of rotatable bonds is 2. The molecule has 1 heteroatoms. The molecule has 0 bridgehead atoms. The van der Waals surface area contributed by atoms with Crippen LogP contribution in [0.2, 0.25) is 0 Å². The lowest BCUT2D eigenvalue weighted by Crippen LogP contribution is -2.10. The summed E-state index contributed by atoms with van der Waals surface area (Å²) in [7, 11) is 0. The Labute approximate surface area is 80.2 Å². The average molecular weight is 175 g/mol. The highest BCUT2D eigenvalue weighted by molar-refractivity contribution is 5.22. The van der Waals surface area contributed by atoms with E-state index < -0.39 is 0 Å². The van der Waals surface area contributed by atoms with Crippen LogP contribution in [0.1, 0.15) is 56.2 Å². The van der Waals surface area contributed by atoms with Crippen molar-refractivity contribution in [1.82, 2.24) is 4.98 Å². The van der Waals surface area contributed by atoms with Crippen molar-refractivity contribution in [3.63, 3.8) is 0 Å². The molecule has 1 fully saturated rings. The van der Waals surface area contributed by atoms with E-state index in [2.05, 4.69) is 31.0 Å². The van der Waals surface area contributed by atoms with Crippen LogP contribution in [0.25, 0.3) is 0 Å². The Hall–Kier alpha value is -0.850. The van der Waals surface area contributed by atoms with E-state index in [1.807, 2.05) is 6.20 Å². The van der Waals surface area contributed by atoms with Gasteiger partial charge in [0.25, 0.3) is 0 Å². The molecular formula is C12H17N. The molecular weight excluding hydrogens is 158 g/mol. The lowest BCUT2D eigenvalue weighted by molar-refractivity contribution is 0.410. The Balaban J connectivity index is 2.21. The van der Waals surface area contributed by atoms with Crippen molar-refractivity contribution < 1.29 is 0 Å². The fraction of sp³-hybridized carbons (Fsp3) is 0.583. The van der Waals surface area contributed by atoms with Gasteiger partial charge < -0.3 is 0 Å². The molecule has 1 aliphatic carbocycles. The first-order valence-electron chi connectivity index (χ1n) is 5.23. The zero-order valence-electron chi connectivity index (χ0n) is 8.46. The van der Waals surface area contributed by atoms with E-state index in [0.717, 1.165) is 5.92 Å². The molecule has 1 heterocycles. The van der Waals surface area contributed by atoms with Crippen LogP contribution in [0.3, 0.4) is 0 Å². The van der Waals surface area contributed by atoms with Gasteiger partial charge in [-0.2, -0.15) is 0 Å². The molecule has 0 amide bonds. The first-order chi connectivity index (χ1) is 6.27. The fourth-order valence-electron chi connectivity index (χ4n) is 1.75. The third-order valence-electron chi connectivity index (χ3n) is 3.00. The normalized spacial score (nSPS) is 17.5. The summed E-state index contributed by atoms with van der Waals surface area (Å²) in [6.45, 7) is 4.47. The summed E-state index contributed by atoms with van der Waals surface area (Å²) in [5.74, 6) is 1.39. The Bertz CT molecular complexity index is 287. The van der Waals surface area contributed by atoms with Gasteiger partial charge in [0, 0.05) is 17.8 Å². The molecule has 0 atom stereocenters. The Kier molecular flexibility index (Phi) is 2.34. The monoisotopic (exact) mass is 175 g/mol. The standard InChI is InChI=1S/C12H17N/c1-9(2)11-6-7-13-12(8-11)10-4-3-5-10/h6-10H,3-5H2,1-2H3. The SMILES string of the molecule is CC(C)c1ccnc(C2CCC2)c1. The molecule has 1 aliphatic rings. The molecule has 0 radical (unpaired) electrons. The van der Waals surface area contributed by atoms with Gasteiger partial charge in [0.15, 0.2) is 0 Å². The molecule has 0 N–H and O–H groups in total. The molecule has 1 aromatic rings. The highest BCUT2D eigenvalue weighted by Crippen LogP contribution is 2.35. The van der Waals surface area contributed by atoms with Crippen LogP contribution in [0.15, 0.2) is 18.3 Å². The number of hydrogen-bond donors (Lipinski definition) is 0. The van der Waals surface area contributed by atoms with Crippen molar-refractivity contribution >= 4 is 0 Å². The molecule has 70 valence electrons. The Morgan fingerprint density at radius 3 is 2.69 bits per heavy atom. The summed E-state index contributed by atoms with van der Waals surface area (Å²) >= 11 is 0. The number of pyridine rings is 1. The molecule has 0 aromatic carbocycles. The second-order valence-electron chi connectivity index (χ2n) is 4.30. The van der Waals surface area contributed by atoms with Gasteiger partial charge in [0.05, 0.1) is 0 Å². The van der Waals surface area contributed by atoms with E-state index in [-0.39, 0.29) is 0 Å². The molecule has 0 spiro atoms. The Morgan fingerprint density at radius 2 is 2.15 bits per heavy atom. The average Bonchev–Trinajstić information content (AvgIpc) is 2.01. The number of nitrogens with zero attached hydrogens (tertiary/aromatic N) is 1. The summed E-state index contributed by atoms with van der Waals surface area (Å²) in [5, 5.41) is 0. The van der Waals surface area contributed by atoms with E-state index in [1.165, 1.54) is 30.5 Å². The quantitative estimate of drug-likeness (QED) is 0.670. The first kappa shape index (κ1) is 8.74. The van der Waals surface area contributed by atoms with Crippen molar-refractivity contribution in [2.24, 2.45) is 0 Å². The third-order valence-corrected chi connectivity index (χ3v) is 3.00. The molecule has 1 nitrogen and oxygen atoms in total. The van der Waals surface area contributed by atoms with Gasteiger partial charge >= 0.3 is 0 Å². The lowest BCUT2D eigenvalue weighted by Gasteiger charge is -2.25. The second kappa shape index (κ2) is 3.49. The summed E-state index contributed by atoms with van der Waals surface area (Å²) in [5.41, 5.74) is 2.74. The van der Waals surface area contributed by atoms with Crippen molar-refractivity contribution in [1.29, 1.82) is 0 Å². The molecule has 1 saturated carbocycles. The summed E-state index contributed by atoms with van der Waals surface area (Å²) < 4.78 is 0. The number of hydrogen-bond acceptors (Lipinski definition) is 1. The maximum atomic E-state index is 4.44. The maximum Gasteiger partial charge on any atom is 0.0437 e. The van der Waals surface area contributed by atoms with Gasteiger partial charge in [-0.1, -0.05) is 20.3 Å². The van der Waals surface area contributed by atoms with Crippen LogP contribution in [0, 0.1) is 0 Å². The van der Waals surface area contributed by atoms with Crippen molar-refractivity contribution in [3.05, 3.63) is 29.6 Å². The predicted molar refractivity (Wildman–Crippen MR) is 54.9 cm³/mol. The summed E-state index contributed by atoms with van der Waals surface area (Å²) in [6, 6.07) is 4.42. The van der Waals surface area contributed by atoms with Gasteiger partial charge in [-0.05, 0) is 36.5 Å². The minimum Gasteiger partial charge on any atom is -0.261 e. The predicted octanol–water partition coefficient (Wildman–Crippen LogP) is 3.47. The van der Waals surface area contributed by atoms with Crippen molar-refractivity contribution in [2.45, 2.75) is 44.9 Å². The lowest BCUT2D eigenvalue weighted by atomic mass is 9.82. The molecule has 0 saturated heterocycles. The minimum atomic E-state index is 0.627. The first-order valence-corrected chi connectivity index (χ1v) is 5.23. The van der Waals surface area contributed by atoms with E-state index in [0.29, 0.717) is 5.92 Å². The van der Waals surface area contributed by atoms with Crippen LogP contribution in [-0.2, 0) is 0 Å². The second-order valence-corrected chi connectivity index (χ2v) is 4.30. The largest absolute Gasteiger partial charge is 0.261 e. The maximum absolute atomic E-state index is 4.44. The van der Waals surface area contributed by atoms with Crippen molar-refractivity contribution in [2.75, 3.05) is 0 Å². The van der Waals surface area contributed by atoms with E-state index in [4.69, 9.17) is 0 Å². The van der Waals surface area contributed by atoms with Crippen LogP contribution in [0.5, 0.6) is 0 Å². The molecule has 0 aliphatic heterocycles. The molecule has 13 heavy (non-hydrogen) atoms. The zero-order chi connectivity index (χ0) is 9.26. The van der Waals surface area contributed by atoms with E-state index in [9.17, 15) is 0 Å². The van der Waals surface area contributed by atoms with Gasteiger partial charge in [0.1, 0.15) is 0 Å². The highest BCUT2D eigenvalue weighted by atomic mass is 14.7. The molecule has 1 aromatic heterocycles. The summed E-state index contributed by atoms with van der Waals surface area (Å²) in [6.07, 6.45) is 6.03. The highest BCUT2D eigenvalue weighted by Gasteiger charge is 2.20. The van der Waals surface area contributed by atoms with Crippen LogP contribution in [-0.4, -0.2) is 4.98 Å². The van der Waals surface area contributed by atoms with Gasteiger partial charge in [0.2, 0.25) is 0 Å². The van der Waals surface area contributed by atoms with Gasteiger partial charge in [-0.3, -0.25) is 4.98 Å². The fourth-order valence-corrected chi connectivity index (χ4v) is 1.75. The van der Waals surface area contributed by atoms with Gasteiger partial charge in [-0.25, -0.2) is 0 Å². The Morgan fingerprint density at radius 1 is 1.38 bits per heavy atom. The third kappa shape index (κ3) is 1.74.